The van der Waals surface area contributed by atoms with Gasteiger partial charge in [-0.1, -0.05) is 53.7 Å². The van der Waals surface area contributed by atoms with Crippen LogP contribution in [0, 0.1) is 0 Å². The van der Waals surface area contributed by atoms with Crippen molar-refractivity contribution >= 4 is 0 Å². The molecule has 2 aromatic rings. The molecule has 2 rings (SSSR count). The van der Waals surface area contributed by atoms with E-state index in [2.05, 4.69) is 65.1 Å². The SMILES string of the molecule is CC(C)(C)c1ccc(OCCNCc2ccco2)c(C(C)(C)C)c1. The van der Waals surface area contributed by atoms with E-state index < -0.39 is 0 Å². The third-order valence-corrected chi connectivity index (χ3v) is 4.07. The van der Waals surface area contributed by atoms with Crippen molar-refractivity contribution in [2.45, 2.75) is 58.9 Å². The van der Waals surface area contributed by atoms with Crippen LogP contribution in [0.5, 0.6) is 5.75 Å². The molecule has 0 unspecified atom stereocenters. The highest BCUT2D eigenvalue weighted by atomic mass is 16.5. The van der Waals surface area contributed by atoms with Crippen LogP contribution in [0.15, 0.2) is 41.0 Å². The van der Waals surface area contributed by atoms with Crippen LogP contribution in [0.3, 0.4) is 0 Å². The Bertz CT molecular complexity index is 631. The second-order valence-electron chi connectivity index (χ2n) is 8.32. The Morgan fingerprint density at radius 1 is 1.00 bits per heavy atom. The summed E-state index contributed by atoms with van der Waals surface area (Å²) >= 11 is 0. The fourth-order valence-electron chi connectivity index (χ4n) is 2.57. The summed E-state index contributed by atoms with van der Waals surface area (Å²) in [7, 11) is 0. The van der Waals surface area contributed by atoms with Crippen LogP contribution in [0.25, 0.3) is 0 Å². The van der Waals surface area contributed by atoms with Crippen molar-refractivity contribution in [3.05, 3.63) is 53.5 Å². The van der Waals surface area contributed by atoms with E-state index in [1.54, 1.807) is 6.26 Å². The molecule has 132 valence electrons. The molecule has 0 aliphatic rings. The Balaban J connectivity index is 1.98. The van der Waals surface area contributed by atoms with Crippen molar-refractivity contribution < 1.29 is 9.15 Å². The quantitative estimate of drug-likeness (QED) is 0.754. The normalized spacial score (nSPS) is 12.4. The van der Waals surface area contributed by atoms with Gasteiger partial charge in [0.05, 0.1) is 12.8 Å². The maximum atomic E-state index is 6.06. The van der Waals surface area contributed by atoms with E-state index in [1.165, 1.54) is 11.1 Å². The molecule has 0 aliphatic heterocycles. The van der Waals surface area contributed by atoms with Crippen molar-refractivity contribution in [1.82, 2.24) is 5.32 Å². The van der Waals surface area contributed by atoms with Crippen molar-refractivity contribution in [2.24, 2.45) is 0 Å². The van der Waals surface area contributed by atoms with E-state index in [0.717, 1.165) is 24.6 Å². The van der Waals surface area contributed by atoms with Crippen molar-refractivity contribution in [3.63, 3.8) is 0 Å². The van der Waals surface area contributed by atoms with Gasteiger partial charge >= 0.3 is 0 Å². The van der Waals surface area contributed by atoms with Crippen molar-refractivity contribution in [2.75, 3.05) is 13.2 Å². The highest BCUT2D eigenvalue weighted by Crippen LogP contribution is 2.35. The molecule has 0 amide bonds. The summed E-state index contributed by atoms with van der Waals surface area (Å²) in [5, 5.41) is 3.33. The minimum absolute atomic E-state index is 0.0538. The average molecular weight is 329 g/mol. The second kappa shape index (κ2) is 7.43. The van der Waals surface area contributed by atoms with E-state index in [-0.39, 0.29) is 10.8 Å². The molecule has 1 N–H and O–H groups in total. The van der Waals surface area contributed by atoms with Gasteiger partial charge in [-0.3, -0.25) is 0 Å². The van der Waals surface area contributed by atoms with E-state index in [0.29, 0.717) is 6.61 Å². The zero-order valence-electron chi connectivity index (χ0n) is 15.9. The standard InChI is InChI=1S/C21H31NO2/c1-20(2,3)16-9-10-19(18(14-16)21(4,5)6)24-13-11-22-15-17-8-7-12-23-17/h7-10,12,14,22H,11,13,15H2,1-6H3. The molecule has 0 fully saturated rings. The Hall–Kier alpha value is -1.74. The van der Waals surface area contributed by atoms with Crippen LogP contribution < -0.4 is 10.1 Å². The lowest BCUT2D eigenvalue weighted by atomic mass is 9.80. The molecular formula is C21H31NO2. The Labute approximate surface area is 146 Å². The molecule has 3 nitrogen and oxygen atoms in total. The number of furan rings is 1. The smallest absolute Gasteiger partial charge is 0.123 e. The number of hydrogen-bond donors (Lipinski definition) is 1. The minimum atomic E-state index is 0.0538. The topological polar surface area (TPSA) is 34.4 Å². The molecule has 0 bridgehead atoms. The molecule has 0 atom stereocenters. The molecule has 24 heavy (non-hydrogen) atoms. The maximum absolute atomic E-state index is 6.06. The first kappa shape index (κ1) is 18.6. The monoisotopic (exact) mass is 329 g/mol. The summed E-state index contributed by atoms with van der Waals surface area (Å²) in [6, 6.07) is 10.5. The molecule has 1 aromatic carbocycles. The molecule has 0 saturated carbocycles. The molecule has 0 radical (unpaired) electrons. The van der Waals surface area contributed by atoms with Gasteiger partial charge in [0.2, 0.25) is 0 Å². The molecular weight excluding hydrogens is 298 g/mol. The zero-order chi connectivity index (χ0) is 17.8. The second-order valence-corrected chi connectivity index (χ2v) is 8.32. The Morgan fingerprint density at radius 3 is 2.33 bits per heavy atom. The number of rotatable bonds is 6. The maximum Gasteiger partial charge on any atom is 0.123 e. The summed E-state index contributed by atoms with van der Waals surface area (Å²) in [6.45, 7) is 15.6. The molecule has 0 aliphatic carbocycles. The van der Waals surface area contributed by atoms with Crippen LogP contribution in [-0.4, -0.2) is 13.2 Å². The van der Waals surface area contributed by atoms with Gasteiger partial charge in [-0.2, -0.15) is 0 Å². The highest BCUT2D eigenvalue weighted by molar-refractivity contribution is 5.43. The molecule has 0 spiro atoms. The molecule has 3 heteroatoms. The first-order chi connectivity index (χ1) is 11.2. The van der Waals surface area contributed by atoms with Crippen LogP contribution >= 0.6 is 0 Å². The van der Waals surface area contributed by atoms with Crippen LogP contribution in [0.1, 0.15) is 58.4 Å². The summed E-state index contributed by atoms with van der Waals surface area (Å²) < 4.78 is 11.4. The molecule has 1 aromatic heterocycles. The van der Waals surface area contributed by atoms with Gasteiger partial charge in [0, 0.05) is 6.54 Å². The van der Waals surface area contributed by atoms with Crippen molar-refractivity contribution in [1.29, 1.82) is 0 Å². The fourth-order valence-corrected chi connectivity index (χ4v) is 2.57. The lowest BCUT2D eigenvalue weighted by molar-refractivity contribution is 0.302. The summed E-state index contributed by atoms with van der Waals surface area (Å²) in [5.41, 5.74) is 2.80. The Morgan fingerprint density at radius 2 is 1.75 bits per heavy atom. The number of hydrogen-bond acceptors (Lipinski definition) is 3. The zero-order valence-corrected chi connectivity index (χ0v) is 15.9. The van der Waals surface area contributed by atoms with Crippen LogP contribution in [0.4, 0.5) is 0 Å². The summed E-state index contributed by atoms with van der Waals surface area (Å²) in [4.78, 5) is 0. The predicted octanol–water partition coefficient (Wildman–Crippen LogP) is 5.04. The van der Waals surface area contributed by atoms with E-state index in [9.17, 15) is 0 Å². The summed E-state index contributed by atoms with van der Waals surface area (Å²) in [5.74, 6) is 1.93. The average Bonchev–Trinajstić information content (AvgIpc) is 2.98. The Kier molecular flexibility index (Phi) is 5.76. The van der Waals surface area contributed by atoms with Gasteiger partial charge in [0.15, 0.2) is 0 Å². The third kappa shape index (κ3) is 5.13. The highest BCUT2D eigenvalue weighted by Gasteiger charge is 2.22. The fraction of sp³-hybridized carbons (Fsp3) is 0.524. The van der Waals surface area contributed by atoms with E-state index >= 15 is 0 Å². The lowest BCUT2D eigenvalue weighted by Crippen LogP contribution is -2.22. The largest absolute Gasteiger partial charge is 0.492 e. The first-order valence-corrected chi connectivity index (χ1v) is 8.69. The van der Waals surface area contributed by atoms with Gasteiger partial charge in [0.25, 0.3) is 0 Å². The molecule has 1 heterocycles. The van der Waals surface area contributed by atoms with Crippen LogP contribution in [-0.2, 0) is 17.4 Å². The van der Waals surface area contributed by atoms with Gasteiger partial charge < -0.3 is 14.5 Å². The van der Waals surface area contributed by atoms with Gasteiger partial charge in [0.1, 0.15) is 18.1 Å². The van der Waals surface area contributed by atoms with Crippen LogP contribution in [0.2, 0.25) is 0 Å². The van der Waals surface area contributed by atoms with Crippen molar-refractivity contribution in [3.8, 4) is 5.75 Å². The number of ether oxygens (including phenoxy) is 1. The lowest BCUT2D eigenvalue weighted by Gasteiger charge is -2.27. The third-order valence-electron chi connectivity index (χ3n) is 4.07. The first-order valence-electron chi connectivity index (χ1n) is 8.69. The number of benzene rings is 1. The number of nitrogens with one attached hydrogen (secondary N) is 1. The molecule has 0 saturated heterocycles. The van der Waals surface area contributed by atoms with E-state index in [1.807, 2.05) is 12.1 Å². The van der Waals surface area contributed by atoms with Gasteiger partial charge in [-0.25, -0.2) is 0 Å². The summed E-state index contributed by atoms with van der Waals surface area (Å²) in [6.07, 6.45) is 1.69. The van der Waals surface area contributed by atoms with Gasteiger partial charge in [-0.05, 0) is 40.2 Å². The predicted molar refractivity (Wildman–Crippen MR) is 99.8 cm³/mol. The van der Waals surface area contributed by atoms with E-state index in [4.69, 9.17) is 9.15 Å². The van der Waals surface area contributed by atoms with Gasteiger partial charge in [-0.15, -0.1) is 0 Å². The minimum Gasteiger partial charge on any atom is -0.492 e.